The van der Waals surface area contributed by atoms with E-state index in [0.717, 1.165) is 5.56 Å². The second-order valence-corrected chi connectivity index (χ2v) is 7.35. The molecule has 1 saturated heterocycles. The average molecular weight is 378 g/mol. The molecule has 27 heavy (non-hydrogen) atoms. The van der Waals surface area contributed by atoms with Gasteiger partial charge in [0.2, 0.25) is 0 Å². The Balaban J connectivity index is 1.86. The Morgan fingerprint density at radius 2 is 1.81 bits per heavy atom. The lowest BCUT2D eigenvalue weighted by Crippen LogP contribution is -2.61. The molecule has 1 aliphatic heterocycles. The number of likely N-dealkylation sites (tertiary alicyclic amines) is 1. The molecule has 0 unspecified atom stereocenters. The van der Waals surface area contributed by atoms with Crippen LogP contribution in [0.1, 0.15) is 26.3 Å². The van der Waals surface area contributed by atoms with Gasteiger partial charge in [-0.1, -0.05) is 30.3 Å². The van der Waals surface area contributed by atoms with Gasteiger partial charge in [0.1, 0.15) is 18.2 Å². The fourth-order valence-corrected chi connectivity index (χ4v) is 2.59. The molecule has 1 heterocycles. The first-order valence-electron chi connectivity index (χ1n) is 8.72. The van der Waals surface area contributed by atoms with Crippen molar-refractivity contribution in [3.05, 3.63) is 35.9 Å². The molecule has 8 heteroatoms. The molecule has 0 saturated carbocycles. The maximum atomic E-state index is 12.0. The Hall–Kier alpha value is -2.77. The molecule has 1 atom stereocenters. The smallest absolute Gasteiger partial charge is 0.410 e. The number of nitrogens with zero attached hydrogens (tertiary/aromatic N) is 1. The van der Waals surface area contributed by atoms with Crippen molar-refractivity contribution in [1.82, 2.24) is 10.2 Å². The van der Waals surface area contributed by atoms with Crippen LogP contribution in [-0.4, -0.2) is 54.9 Å². The van der Waals surface area contributed by atoms with E-state index in [0.29, 0.717) is 0 Å². The van der Waals surface area contributed by atoms with Crippen LogP contribution >= 0.6 is 0 Å². The van der Waals surface area contributed by atoms with Crippen molar-refractivity contribution in [1.29, 1.82) is 0 Å². The molecule has 1 aromatic carbocycles. The molecule has 0 spiro atoms. The van der Waals surface area contributed by atoms with E-state index in [1.807, 2.05) is 30.3 Å². The van der Waals surface area contributed by atoms with Gasteiger partial charge >= 0.3 is 18.2 Å². The SMILES string of the molecule is COC(=O)[C@@H](NC(=O)OCc1ccccc1)C1CN(C(=O)OC(C)(C)C)C1. The van der Waals surface area contributed by atoms with Gasteiger partial charge in [-0.3, -0.25) is 0 Å². The molecule has 2 amide bonds. The summed E-state index contributed by atoms with van der Waals surface area (Å²) in [7, 11) is 1.25. The normalized spacial score (nSPS) is 15.3. The molecule has 148 valence electrons. The maximum absolute atomic E-state index is 12.0. The van der Waals surface area contributed by atoms with Crippen LogP contribution in [-0.2, 0) is 25.6 Å². The molecular formula is C19H26N2O6. The first-order valence-corrected chi connectivity index (χ1v) is 8.72. The van der Waals surface area contributed by atoms with E-state index in [-0.39, 0.29) is 25.6 Å². The van der Waals surface area contributed by atoms with Crippen LogP contribution in [0, 0.1) is 5.92 Å². The van der Waals surface area contributed by atoms with E-state index in [2.05, 4.69) is 5.32 Å². The third kappa shape index (κ3) is 6.16. The van der Waals surface area contributed by atoms with Gasteiger partial charge in [0.05, 0.1) is 7.11 Å². The van der Waals surface area contributed by atoms with Crippen molar-refractivity contribution >= 4 is 18.2 Å². The van der Waals surface area contributed by atoms with Gasteiger partial charge in [-0.2, -0.15) is 0 Å². The summed E-state index contributed by atoms with van der Waals surface area (Å²) in [5.74, 6) is -0.852. The Morgan fingerprint density at radius 3 is 2.37 bits per heavy atom. The molecule has 2 rings (SSSR count). The predicted octanol–water partition coefficient (Wildman–Crippen LogP) is 2.32. The lowest BCUT2D eigenvalue weighted by Gasteiger charge is -2.42. The summed E-state index contributed by atoms with van der Waals surface area (Å²) < 4.78 is 15.2. The van der Waals surface area contributed by atoms with E-state index in [9.17, 15) is 14.4 Å². The van der Waals surface area contributed by atoms with E-state index in [4.69, 9.17) is 14.2 Å². The second kappa shape index (κ2) is 8.75. The molecule has 0 bridgehead atoms. The Bertz CT molecular complexity index is 665. The van der Waals surface area contributed by atoms with Crippen molar-refractivity contribution in [2.75, 3.05) is 20.2 Å². The average Bonchev–Trinajstić information content (AvgIpc) is 2.56. The highest BCUT2D eigenvalue weighted by molar-refractivity contribution is 5.82. The van der Waals surface area contributed by atoms with Crippen molar-refractivity contribution < 1.29 is 28.6 Å². The minimum Gasteiger partial charge on any atom is -0.467 e. The summed E-state index contributed by atoms with van der Waals surface area (Å²) in [4.78, 5) is 37.6. The summed E-state index contributed by atoms with van der Waals surface area (Å²) >= 11 is 0. The fourth-order valence-electron chi connectivity index (χ4n) is 2.59. The van der Waals surface area contributed by atoms with Crippen molar-refractivity contribution in [3.63, 3.8) is 0 Å². The number of hydrogen-bond acceptors (Lipinski definition) is 6. The monoisotopic (exact) mass is 378 g/mol. The number of amides is 2. The Morgan fingerprint density at radius 1 is 1.19 bits per heavy atom. The number of esters is 1. The van der Waals surface area contributed by atoms with Gasteiger partial charge < -0.3 is 24.4 Å². The molecule has 1 N–H and O–H groups in total. The summed E-state index contributed by atoms with van der Waals surface area (Å²) in [5.41, 5.74) is 0.241. The molecule has 1 aromatic rings. The number of alkyl carbamates (subject to hydrolysis) is 1. The first-order chi connectivity index (χ1) is 12.7. The largest absolute Gasteiger partial charge is 0.467 e. The maximum Gasteiger partial charge on any atom is 0.410 e. The summed E-state index contributed by atoms with van der Waals surface area (Å²) in [5, 5.41) is 2.53. The second-order valence-electron chi connectivity index (χ2n) is 7.35. The van der Waals surface area contributed by atoms with Gasteiger partial charge in [0.25, 0.3) is 0 Å². The number of nitrogens with one attached hydrogen (secondary N) is 1. The Labute approximate surface area is 158 Å². The molecule has 1 fully saturated rings. The lowest BCUT2D eigenvalue weighted by molar-refractivity contribution is -0.146. The zero-order chi connectivity index (χ0) is 20.0. The van der Waals surface area contributed by atoms with Crippen LogP contribution in [0.2, 0.25) is 0 Å². The lowest BCUT2D eigenvalue weighted by atomic mass is 9.92. The van der Waals surface area contributed by atoms with Crippen LogP contribution in [0.25, 0.3) is 0 Å². The van der Waals surface area contributed by atoms with Crippen LogP contribution < -0.4 is 5.32 Å². The Kier molecular flexibility index (Phi) is 6.65. The minimum absolute atomic E-state index is 0.0925. The third-order valence-corrected chi connectivity index (χ3v) is 3.97. The van der Waals surface area contributed by atoms with E-state index < -0.39 is 29.8 Å². The predicted molar refractivity (Wildman–Crippen MR) is 96.9 cm³/mol. The van der Waals surface area contributed by atoms with Gasteiger partial charge in [-0.25, -0.2) is 14.4 Å². The number of rotatable bonds is 5. The van der Waals surface area contributed by atoms with Gasteiger partial charge in [-0.05, 0) is 26.3 Å². The highest BCUT2D eigenvalue weighted by atomic mass is 16.6. The number of carbonyl (C=O) groups excluding carboxylic acids is 3. The van der Waals surface area contributed by atoms with E-state index in [1.165, 1.54) is 12.0 Å². The summed E-state index contributed by atoms with van der Waals surface area (Å²) in [6, 6.07) is 8.31. The van der Waals surface area contributed by atoms with Crippen LogP contribution in [0.4, 0.5) is 9.59 Å². The summed E-state index contributed by atoms with van der Waals surface area (Å²) in [6.07, 6.45) is -1.17. The standard InChI is InChI=1S/C19H26N2O6/c1-19(2,3)27-18(24)21-10-14(11-21)15(16(22)25-4)20-17(23)26-12-13-8-6-5-7-9-13/h5-9,14-15H,10-12H2,1-4H3,(H,20,23)/t15-/m0/s1. The van der Waals surface area contributed by atoms with Gasteiger partial charge in [0.15, 0.2) is 0 Å². The number of benzene rings is 1. The van der Waals surface area contributed by atoms with Crippen molar-refractivity contribution in [3.8, 4) is 0 Å². The van der Waals surface area contributed by atoms with E-state index in [1.54, 1.807) is 20.8 Å². The molecular weight excluding hydrogens is 352 g/mol. The van der Waals surface area contributed by atoms with Gasteiger partial charge in [0, 0.05) is 19.0 Å². The molecule has 0 radical (unpaired) electrons. The molecule has 1 aliphatic rings. The molecule has 8 nitrogen and oxygen atoms in total. The zero-order valence-electron chi connectivity index (χ0n) is 16.1. The van der Waals surface area contributed by atoms with Crippen molar-refractivity contribution in [2.24, 2.45) is 5.92 Å². The minimum atomic E-state index is -0.892. The number of ether oxygens (including phenoxy) is 3. The summed E-state index contributed by atoms with van der Waals surface area (Å²) in [6.45, 7) is 6.01. The van der Waals surface area contributed by atoms with Crippen LogP contribution in [0.3, 0.4) is 0 Å². The highest BCUT2D eigenvalue weighted by Crippen LogP contribution is 2.23. The highest BCUT2D eigenvalue weighted by Gasteiger charge is 2.42. The number of carbonyl (C=O) groups is 3. The third-order valence-electron chi connectivity index (χ3n) is 3.97. The topological polar surface area (TPSA) is 94.2 Å². The number of hydrogen-bond donors (Lipinski definition) is 1. The first kappa shape index (κ1) is 20.5. The number of methoxy groups -OCH3 is 1. The zero-order valence-corrected chi connectivity index (χ0v) is 16.1. The molecule has 0 aromatic heterocycles. The van der Waals surface area contributed by atoms with Crippen LogP contribution in [0.15, 0.2) is 30.3 Å². The van der Waals surface area contributed by atoms with Gasteiger partial charge in [-0.15, -0.1) is 0 Å². The quantitative estimate of drug-likeness (QED) is 0.624. The molecule has 0 aliphatic carbocycles. The fraction of sp³-hybridized carbons (Fsp3) is 0.526. The van der Waals surface area contributed by atoms with Crippen LogP contribution in [0.5, 0.6) is 0 Å². The van der Waals surface area contributed by atoms with E-state index >= 15 is 0 Å². The van der Waals surface area contributed by atoms with Crippen molar-refractivity contribution in [2.45, 2.75) is 39.0 Å².